The second-order valence-corrected chi connectivity index (χ2v) is 13.0. The summed E-state index contributed by atoms with van der Waals surface area (Å²) in [6, 6.07) is 23.0. The van der Waals surface area contributed by atoms with Gasteiger partial charge in [0, 0.05) is 35.9 Å². The van der Waals surface area contributed by atoms with Gasteiger partial charge in [-0.1, -0.05) is 72.3 Å². The second-order valence-electron chi connectivity index (χ2n) is 13.0. The van der Waals surface area contributed by atoms with Crippen LogP contribution in [-0.4, -0.2) is 58.1 Å². The van der Waals surface area contributed by atoms with Crippen molar-refractivity contribution in [3.63, 3.8) is 0 Å². The number of allylic oxidation sites excluding steroid dienone is 4. The molecule has 1 saturated carbocycles. The number of ether oxygens (including phenoxy) is 1. The highest BCUT2D eigenvalue weighted by atomic mass is 16.5. The molecule has 0 bridgehead atoms. The number of Topliss-reactive ketones (excluding diaryl/α,β-unsaturated/α-hetero) is 1. The summed E-state index contributed by atoms with van der Waals surface area (Å²) in [6.45, 7) is -0.00515. The average Bonchev–Trinajstić information content (AvgIpc) is 3.34. The van der Waals surface area contributed by atoms with E-state index in [1.165, 1.54) is 24.2 Å². The van der Waals surface area contributed by atoms with Crippen molar-refractivity contribution in [3.05, 3.63) is 113 Å². The van der Waals surface area contributed by atoms with Crippen molar-refractivity contribution in [1.29, 1.82) is 0 Å². The van der Waals surface area contributed by atoms with E-state index in [2.05, 4.69) is 0 Å². The first-order valence-electron chi connectivity index (χ1n) is 16.2. The molecule has 6 atom stereocenters. The van der Waals surface area contributed by atoms with Gasteiger partial charge in [0.2, 0.25) is 11.8 Å². The molecule has 2 N–H and O–H groups in total. The van der Waals surface area contributed by atoms with Crippen LogP contribution in [0.5, 0.6) is 11.5 Å². The van der Waals surface area contributed by atoms with E-state index in [4.69, 9.17) is 9.84 Å². The minimum absolute atomic E-state index is 0.00515. The number of methoxy groups -OCH3 is 1. The zero-order valence-corrected chi connectivity index (χ0v) is 26.4. The van der Waals surface area contributed by atoms with Crippen LogP contribution in [0.25, 0.3) is 5.57 Å². The Morgan fingerprint density at radius 1 is 0.938 bits per heavy atom. The van der Waals surface area contributed by atoms with Crippen molar-refractivity contribution >= 4 is 34.9 Å². The molecule has 1 heterocycles. The molecular weight excluding hydrogens is 610 g/mol. The fourth-order valence-electron chi connectivity index (χ4n) is 8.78. The van der Waals surface area contributed by atoms with Gasteiger partial charge in [-0.2, -0.15) is 0 Å². The molecule has 0 spiro atoms. The third-order valence-corrected chi connectivity index (χ3v) is 10.8. The first kappa shape index (κ1) is 31.3. The van der Waals surface area contributed by atoms with Gasteiger partial charge in [-0.3, -0.25) is 28.9 Å². The van der Waals surface area contributed by atoms with Gasteiger partial charge in [0.25, 0.3) is 0 Å². The summed E-state index contributed by atoms with van der Waals surface area (Å²) in [6.07, 6.45) is 3.70. The van der Waals surface area contributed by atoms with E-state index in [9.17, 15) is 24.3 Å². The summed E-state index contributed by atoms with van der Waals surface area (Å²) >= 11 is 0. The van der Waals surface area contributed by atoms with Crippen LogP contribution in [0.3, 0.4) is 0 Å². The number of carboxylic acid groups (broad SMARTS) is 1. The van der Waals surface area contributed by atoms with Crippen molar-refractivity contribution in [2.75, 3.05) is 13.7 Å². The third kappa shape index (κ3) is 4.71. The summed E-state index contributed by atoms with van der Waals surface area (Å²) < 4.78 is 5.56. The molecule has 3 aromatic rings. The van der Waals surface area contributed by atoms with Crippen LogP contribution in [0.4, 0.5) is 0 Å². The van der Waals surface area contributed by atoms with E-state index >= 15 is 4.79 Å². The standard InChI is InChI=1S/C39H35NO8/c1-48-24-14-17-31(41)29(19-24)35-25-15-16-26-34(38(47)40(37(26)46)18-8-13-33(43)44)28(25)20-30-36(45)27(22-9-4-2-5-10-22)21-32(42)39(30,35)23-11-6-3-7-12-23/h2-7,9-12,14-15,17,19,21,26,28,30,34-35,41H,8,13,16,18,20H2,1H3,(H,43,44). The number of ketones is 2. The Kier molecular flexibility index (Phi) is 7.86. The summed E-state index contributed by atoms with van der Waals surface area (Å²) in [5, 5.41) is 20.7. The number of carbonyl (C=O) groups is 5. The number of amides is 2. The molecule has 244 valence electrons. The maximum absolute atomic E-state index is 15.0. The zero-order chi connectivity index (χ0) is 33.7. The number of phenolic OH excluding ortho intramolecular Hbond substituents is 1. The zero-order valence-electron chi connectivity index (χ0n) is 26.4. The topological polar surface area (TPSA) is 138 Å². The lowest BCUT2D eigenvalue weighted by Crippen LogP contribution is -2.58. The molecule has 3 aromatic carbocycles. The first-order chi connectivity index (χ1) is 23.2. The molecule has 6 unspecified atom stereocenters. The number of nitrogens with zero attached hydrogens (tertiary/aromatic N) is 1. The van der Waals surface area contributed by atoms with Crippen molar-refractivity contribution in [2.45, 2.75) is 37.0 Å². The van der Waals surface area contributed by atoms with Crippen LogP contribution >= 0.6 is 0 Å². The van der Waals surface area contributed by atoms with Crippen molar-refractivity contribution < 1.29 is 38.9 Å². The van der Waals surface area contributed by atoms with Gasteiger partial charge >= 0.3 is 5.97 Å². The van der Waals surface area contributed by atoms with Gasteiger partial charge in [-0.25, -0.2) is 0 Å². The molecule has 1 saturated heterocycles. The largest absolute Gasteiger partial charge is 0.508 e. The predicted octanol–water partition coefficient (Wildman–Crippen LogP) is 5.09. The average molecular weight is 646 g/mol. The second kappa shape index (κ2) is 12.0. The molecule has 2 fully saturated rings. The van der Waals surface area contributed by atoms with Gasteiger partial charge in [0.05, 0.1) is 24.4 Å². The molecule has 1 aliphatic heterocycles. The highest BCUT2D eigenvalue weighted by Crippen LogP contribution is 2.64. The Balaban J connectivity index is 1.45. The number of aromatic hydroxyl groups is 1. The minimum Gasteiger partial charge on any atom is -0.508 e. The summed E-state index contributed by atoms with van der Waals surface area (Å²) in [5.41, 5.74) is 1.17. The predicted molar refractivity (Wildman–Crippen MR) is 175 cm³/mol. The maximum Gasteiger partial charge on any atom is 0.303 e. The number of carbonyl (C=O) groups excluding carboxylic acids is 4. The van der Waals surface area contributed by atoms with Crippen LogP contribution in [-0.2, 0) is 29.4 Å². The molecule has 9 heteroatoms. The number of phenols is 1. The number of benzene rings is 3. The SMILES string of the molecule is COc1ccc(O)c(C2C3=CCC4C(=O)N(CCCC(=O)O)C(=O)C4C3CC3C(=O)C(c4ccccc4)=CC(=O)C32c2ccccc2)c1. The smallest absolute Gasteiger partial charge is 0.303 e. The molecular formula is C39H35NO8. The molecule has 0 radical (unpaired) electrons. The van der Waals surface area contributed by atoms with E-state index in [0.29, 0.717) is 22.4 Å². The molecule has 9 nitrogen and oxygen atoms in total. The molecule has 0 aromatic heterocycles. The molecule has 2 amide bonds. The Bertz CT molecular complexity index is 1900. The molecule has 48 heavy (non-hydrogen) atoms. The highest BCUT2D eigenvalue weighted by molar-refractivity contribution is 6.31. The number of hydrogen-bond acceptors (Lipinski definition) is 7. The number of aliphatic carboxylic acids is 1. The van der Waals surface area contributed by atoms with Crippen LogP contribution < -0.4 is 4.74 Å². The fourth-order valence-corrected chi connectivity index (χ4v) is 8.78. The Labute approximate surface area is 277 Å². The Morgan fingerprint density at radius 3 is 2.33 bits per heavy atom. The maximum atomic E-state index is 15.0. The van der Waals surface area contributed by atoms with E-state index in [1.807, 2.05) is 42.5 Å². The van der Waals surface area contributed by atoms with E-state index in [0.717, 1.165) is 5.57 Å². The van der Waals surface area contributed by atoms with Crippen LogP contribution in [0.2, 0.25) is 0 Å². The molecule has 7 rings (SSSR count). The van der Waals surface area contributed by atoms with Gasteiger partial charge in [0.1, 0.15) is 11.5 Å². The third-order valence-electron chi connectivity index (χ3n) is 10.8. The van der Waals surface area contributed by atoms with Gasteiger partial charge in [-0.05, 0) is 60.6 Å². The lowest BCUT2D eigenvalue weighted by molar-refractivity contribution is -0.142. The number of hydrogen-bond donors (Lipinski definition) is 2. The van der Waals surface area contributed by atoms with Crippen LogP contribution in [0.15, 0.2) is 96.6 Å². The van der Waals surface area contributed by atoms with E-state index < -0.39 is 41.0 Å². The first-order valence-corrected chi connectivity index (χ1v) is 16.2. The number of imide groups is 1. The van der Waals surface area contributed by atoms with Crippen LogP contribution in [0, 0.1) is 23.7 Å². The highest BCUT2D eigenvalue weighted by Gasteiger charge is 2.66. The number of likely N-dealkylation sites (tertiary alicyclic amines) is 1. The number of carboxylic acids is 1. The lowest BCUT2D eigenvalue weighted by Gasteiger charge is -2.55. The summed E-state index contributed by atoms with van der Waals surface area (Å²) in [4.78, 5) is 70.1. The molecule has 3 aliphatic carbocycles. The minimum atomic E-state index is -1.47. The Morgan fingerprint density at radius 2 is 1.65 bits per heavy atom. The quantitative estimate of drug-likeness (QED) is 0.255. The Hall–Kier alpha value is -5.31. The fraction of sp³-hybridized carbons (Fsp3) is 0.308. The lowest BCUT2D eigenvalue weighted by atomic mass is 9.44. The van der Waals surface area contributed by atoms with Gasteiger partial charge < -0.3 is 14.9 Å². The summed E-state index contributed by atoms with van der Waals surface area (Å²) in [7, 11) is 1.51. The number of fused-ring (bicyclic) bond motifs is 4. The van der Waals surface area contributed by atoms with Gasteiger partial charge in [-0.15, -0.1) is 0 Å². The van der Waals surface area contributed by atoms with Crippen molar-refractivity contribution in [2.24, 2.45) is 23.7 Å². The molecule has 4 aliphatic rings. The van der Waals surface area contributed by atoms with E-state index in [1.54, 1.807) is 36.4 Å². The summed E-state index contributed by atoms with van der Waals surface area (Å²) in [5.74, 6) is -5.75. The number of rotatable bonds is 8. The van der Waals surface area contributed by atoms with Crippen LogP contribution in [0.1, 0.15) is 48.3 Å². The van der Waals surface area contributed by atoms with Crippen molar-refractivity contribution in [1.82, 2.24) is 4.90 Å². The monoisotopic (exact) mass is 645 g/mol. The van der Waals surface area contributed by atoms with Gasteiger partial charge in [0.15, 0.2) is 11.6 Å². The van der Waals surface area contributed by atoms with E-state index in [-0.39, 0.29) is 66.9 Å². The van der Waals surface area contributed by atoms with Crippen molar-refractivity contribution in [3.8, 4) is 11.5 Å². The normalized spacial score (nSPS) is 27.9.